The van der Waals surface area contributed by atoms with Gasteiger partial charge in [0.25, 0.3) is 0 Å². The molecule has 1 aliphatic heterocycles. The molecule has 1 N–H and O–H groups in total. The first-order valence-electron chi connectivity index (χ1n) is 11.9. The predicted molar refractivity (Wildman–Crippen MR) is 142 cm³/mol. The van der Waals surface area contributed by atoms with Crippen molar-refractivity contribution < 1.29 is 23.8 Å². The van der Waals surface area contributed by atoms with E-state index in [1.807, 2.05) is 79.7 Å². The van der Waals surface area contributed by atoms with Crippen LogP contribution in [0.1, 0.15) is 24.0 Å². The highest BCUT2D eigenvalue weighted by molar-refractivity contribution is 6.30. The molecule has 3 aromatic rings. The van der Waals surface area contributed by atoms with Crippen molar-refractivity contribution in [3.63, 3.8) is 0 Å². The van der Waals surface area contributed by atoms with Gasteiger partial charge in [-0.05, 0) is 53.6 Å². The summed E-state index contributed by atoms with van der Waals surface area (Å²) in [5, 5.41) is 3.61. The van der Waals surface area contributed by atoms with Crippen LogP contribution in [0.4, 0.5) is 10.5 Å². The number of amides is 1. The van der Waals surface area contributed by atoms with E-state index < -0.39 is 18.2 Å². The van der Waals surface area contributed by atoms with Crippen LogP contribution in [0.5, 0.6) is 5.75 Å². The number of halogens is 1. The molecule has 37 heavy (non-hydrogen) atoms. The number of hydrogen-bond acceptors (Lipinski definition) is 6. The number of benzene rings is 3. The van der Waals surface area contributed by atoms with Crippen molar-refractivity contribution in [2.24, 2.45) is 5.92 Å². The number of carbonyl (C=O) groups excluding carboxylic acids is 2. The molecule has 8 heteroatoms. The molecular formula is C29H29ClN2O5. The van der Waals surface area contributed by atoms with E-state index in [2.05, 4.69) is 5.32 Å². The van der Waals surface area contributed by atoms with Crippen LogP contribution in [0.2, 0.25) is 5.02 Å². The first kappa shape index (κ1) is 26.1. The Morgan fingerprint density at radius 1 is 0.946 bits per heavy atom. The summed E-state index contributed by atoms with van der Waals surface area (Å²) in [6.07, 6.45) is 0.647. The Labute approximate surface area is 221 Å². The van der Waals surface area contributed by atoms with Crippen molar-refractivity contribution in [1.29, 1.82) is 0 Å². The first-order valence-corrected chi connectivity index (χ1v) is 12.2. The fraction of sp³-hybridized carbons (Fsp3) is 0.241. The molecule has 0 spiro atoms. The quantitative estimate of drug-likeness (QED) is 0.391. The van der Waals surface area contributed by atoms with Crippen molar-refractivity contribution in [3.05, 3.63) is 107 Å². The van der Waals surface area contributed by atoms with Crippen LogP contribution in [0, 0.1) is 5.92 Å². The van der Waals surface area contributed by atoms with Gasteiger partial charge in [-0.1, -0.05) is 61.0 Å². The van der Waals surface area contributed by atoms with Gasteiger partial charge in [0, 0.05) is 22.5 Å². The van der Waals surface area contributed by atoms with Crippen LogP contribution in [0.3, 0.4) is 0 Å². The number of nitrogens with one attached hydrogen (secondary N) is 1. The average molecular weight is 521 g/mol. The maximum Gasteiger partial charge on any atom is 0.409 e. The minimum atomic E-state index is -0.628. The lowest BCUT2D eigenvalue weighted by atomic mass is 9.81. The van der Waals surface area contributed by atoms with Gasteiger partial charge in [0.15, 0.2) is 0 Å². The molecule has 0 saturated carbocycles. The maximum atomic E-state index is 13.0. The van der Waals surface area contributed by atoms with E-state index in [1.165, 1.54) is 7.11 Å². The number of ether oxygens (including phenoxy) is 3. The number of rotatable bonds is 7. The maximum absolute atomic E-state index is 13.0. The fourth-order valence-corrected chi connectivity index (χ4v) is 4.59. The van der Waals surface area contributed by atoms with Crippen LogP contribution in [0.15, 0.2) is 90.6 Å². The Morgan fingerprint density at radius 3 is 2.24 bits per heavy atom. The van der Waals surface area contributed by atoms with Crippen LogP contribution < -0.4 is 15.0 Å². The number of carbonyl (C=O) groups is 2. The van der Waals surface area contributed by atoms with Gasteiger partial charge < -0.3 is 24.4 Å². The summed E-state index contributed by atoms with van der Waals surface area (Å²) in [4.78, 5) is 27.8. The van der Waals surface area contributed by atoms with Crippen molar-refractivity contribution >= 4 is 29.4 Å². The fourth-order valence-electron chi connectivity index (χ4n) is 4.46. The minimum Gasteiger partial charge on any atom is -0.497 e. The number of methoxy groups -OCH3 is 2. The Balaban J connectivity index is 1.72. The van der Waals surface area contributed by atoms with Gasteiger partial charge in [-0.25, -0.2) is 9.59 Å². The second-order valence-corrected chi connectivity index (χ2v) is 9.14. The van der Waals surface area contributed by atoms with Gasteiger partial charge in [-0.2, -0.15) is 0 Å². The summed E-state index contributed by atoms with van der Waals surface area (Å²) < 4.78 is 16.0. The smallest absolute Gasteiger partial charge is 0.409 e. The van der Waals surface area contributed by atoms with E-state index in [-0.39, 0.29) is 18.4 Å². The van der Waals surface area contributed by atoms with Gasteiger partial charge in [0.05, 0.1) is 14.2 Å². The molecular weight excluding hydrogens is 492 g/mol. The molecule has 0 fully saturated rings. The number of alkyl carbamates (subject to hydrolysis) is 1. The third kappa shape index (κ3) is 6.06. The summed E-state index contributed by atoms with van der Waals surface area (Å²) in [5.74, 6) is -0.226. The van der Waals surface area contributed by atoms with E-state index in [1.54, 1.807) is 24.1 Å². The molecule has 3 aromatic carbocycles. The van der Waals surface area contributed by atoms with Crippen molar-refractivity contribution in [2.75, 3.05) is 19.1 Å². The first-order chi connectivity index (χ1) is 17.9. The Bertz CT molecular complexity index is 1250. The number of nitrogens with zero attached hydrogens (tertiary/aromatic N) is 1. The standard InChI is InChI=1S/C29H29ClN2O5/c1-19-25(21-9-11-22(30)12-10-21)17-26(28(33)36-3)32(23-13-15-24(35-2)16-14-23)27(19)31-29(34)37-18-20-7-5-4-6-8-20/h4-17,19,25,27H,18H2,1-3H3,(H,31,34)/t19-,25+,27-/m1/s1. The molecule has 0 bridgehead atoms. The van der Waals surface area contributed by atoms with E-state index in [4.69, 9.17) is 25.8 Å². The molecule has 1 aliphatic rings. The molecule has 0 aliphatic carbocycles. The largest absolute Gasteiger partial charge is 0.497 e. The molecule has 0 unspecified atom stereocenters. The SMILES string of the molecule is COC(=O)C1=C[C@H](c2ccc(Cl)cc2)[C@@H](C)[C@H](NC(=O)OCc2ccccc2)N1c1ccc(OC)cc1. The molecule has 7 nitrogen and oxygen atoms in total. The highest BCUT2D eigenvalue weighted by atomic mass is 35.5. The summed E-state index contributed by atoms with van der Waals surface area (Å²) in [7, 11) is 2.92. The summed E-state index contributed by atoms with van der Waals surface area (Å²) in [5.41, 5.74) is 2.82. The molecule has 0 saturated heterocycles. The molecule has 1 amide bonds. The van der Waals surface area contributed by atoms with Crippen LogP contribution in [-0.4, -0.2) is 32.4 Å². The Kier molecular flexibility index (Phi) is 8.36. The third-order valence-corrected chi connectivity index (χ3v) is 6.67. The van der Waals surface area contributed by atoms with Gasteiger partial charge in [0.1, 0.15) is 24.2 Å². The van der Waals surface area contributed by atoms with Crippen molar-refractivity contribution in [3.8, 4) is 5.75 Å². The number of allylic oxidation sites excluding steroid dienone is 1. The van der Waals surface area contributed by atoms with Gasteiger partial charge >= 0.3 is 12.1 Å². The Hall–Kier alpha value is -3.97. The van der Waals surface area contributed by atoms with E-state index in [9.17, 15) is 9.59 Å². The second-order valence-electron chi connectivity index (χ2n) is 8.70. The van der Waals surface area contributed by atoms with Crippen LogP contribution >= 0.6 is 11.6 Å². The van der Waals surface area contributed by atoms with Crippen LogP contribution in [-0.2, 0) is 20.9 Å². The van der Waals surface area contributed by atoms with Gasteiger partial charge in [0.2, 0.25) is 0 Å². The minimum absolute atomic E-state index is 0.122. The van der Waals surface area contributed by atoms with Crippen molar-refractivity contribution in [2.45, 2.75) is 25.6 Å². The molecule has 192 valence electrons. The molecule has 0 radical (unpaired) electrons. The lowest BCUT2D eigenvalue weighted by Gasteiger charge is -2.44. The average Bonchev–Trinajstić information content (AvgIpc) is 2.93. The van der Waals surface area contributed by atoms with E-state index in [0.29, 0.717) is 22.2 Å². The zero-order valence-corrected chi connectivity index (χ0v) is 21.6. The van der Waals surface area contributed by atoms with Crippen molar-refractivity contribution in [1.82, 2.24) is 5.32 Å². The molecule has 1 heterocycles. The molecule has 3 atom stereocenters. The topological polar surface area (TPSA) is 77.1 Å². The normalized spacial score (nSPS) is 19.0. The summed E-state index contributed by atoms with van der Waals surface area (Å²) in [6.45, 7) is 2.14. The zero-order chi connectivity index (χ0) is 26.4. The Morgan fingerprint density at radius 2 is 1.62 bits per heavy atom. The van der Waals surface area contributed by atoms with Crippen LogP contribution in [0.25, 0.3) is 0 Å². The third-order valence-electron chi connectivity index (χ3n) is 6.42. The lowest BCUT2D eigenvalue weighted by molar-refractivity contribution is -0.136. The highest BCUT2D eigenvalue weighted by Crippen LogP contribution is 2.40. The molecule has 0 aromatic heterocycles. The van der Waals surface area contributed by atoms with E-state index in [0.717, 1.165) is 11.1 Å². The number of esters is 1. The lowest BCUT2D eigenvalue weighted by Crippen LogP contribution is -2.56. The monoisotopic (exact) mass is 520 g/mol. The highest BCUT2D eigenvalue weighted by Gasteiger charge is 2.41. The summed E-state index contributed by atoms with van der Waals surface area (Å²) in [6, 6.07) is 24.1. The number of anilines is 1. The van der Waals surface area contributed by atoms with Gasteiger partial charge in [-0.15, -0.1) is 0 Å². The number of hydrogen-bond donors (Lipinski definition) is 1. The predicted octanol–water partition coefficient (Wildman–Crippen LogP) is 5.90. The summed E-state index contributed by atoms with van der Waals surface area (Å²) >= 11 is 6.12. The molecule has 4 rings (SSSR count). The van der Waals surface area contributed by atoms with Gasteiger partial charge in [-0.3, -0.25) is 0 Å². The zero-order valence-electron chi connectivity index (χ0n) is 20.9. The second kappa shape index (κ2) is 11.8. The van der Waals surface area contributed by atoms with E-state index >= 15 is 0 Å².